The molecular formula is C25H23N3O2. The Bertz CT molecular complexity index is 1190. The topological polar surface area (TPSA) is 61.0 Å². The van der Waals surface area contributed by atoms with Crippen molar-refractivity contribution in [3.63, 3.8) is 0 Å². The molecule has 150 valence electrons. The zero-order valence-electron chi connectivity index (χ0n) is 17.3. The van der Waals surface area contributed by atoms with Crippen molar-refractivity contribution < 1.29 is 4.92 Å². The standard InChI is InChI=1S/C25H23N3O2/c1-17-4-10-21(11-5-17)24-19(3)25(22-12-6-18(2)7-13-22)27(26-24)16-20-8-14-23(15-9-20)28(29)30/h4-15H,16H2,1-3H3. The minimum absolute atomic E-state index is 0.0921. The van der Waals surface area contributed by atoms with Gasteiger partial charge in [-0.05, 0) is 26.3 Å². The Balaban J connectivity index is 1.81. The monoisotopic (exact) mass is 397 g/mol. The van der Waals surface area contributed by atoms with Crippen LogP contribution in [0.2, 0.25) is 0 Å². The smallest absolute Gasteiger partial charge is 0.260 e. The van der Waals surface area contributed by atoms with Gasteiger partial charge in [-0.3, -0.25) is 14.8 Å². The van der Waals surface area contributed by atoms with E-state index < -0.39 is 0 Å². The zero-order valence-corrected chi connectivity index (χ0v) is 17.3. The lowest BCUT2D eigenvalue weighted by Gasteiger charge is -2.09. The van der Waals surface area contributed by atoms with E-state index in [-0.39, 0.29) is 10.6 Å². The lowest BCUT2D eigenvalue weighted by molar-refractivity contribution is -0.384. The SMILES string of the molecule is Cc1ccc(-c2nn(Cc3ccc([N+](=O)[O-])cc3)c(-c3ccc(C)cc3)c2C)cc1. The first-order valence-electron chi connectivity index (χ1n) is 9.87. The van der Waals surface area contributed by atoms with E-state index in [9.17, 15) is 10.1 Å². The van der Waals surface area contributed by atoms with Crippen LogP contribution >= 0.6 is 0 Å². The summed E-state index contributed by atoms with van der Waals surface area (Å²) in [6.45, 7) is 6.78. The number of nitrogens with zero attached hydrogens (tertiary/aromatic N) is 3. The van der Waals surface area contributed by atoms with Gasteiger partial charge >= 0.3 is 0 Å². The summed E-state index contributed by atoms with van der Waals surface area (Å²) >= 11 is 0. The summed E-state index contributed by atoms with van der Waals surface area (Å²) in [6, 6.07) is 23.5. The number of nitro benzene ring substituents is 1. The number of aryl methyl sites for hydroxylation is 2. The molecule has 0 N–H and O–H groups in total. The van der Waals surface area contributed by atoms with Gasteiger partial charge in [0.05, 0.1) is 22.9 Å². The van der Waals surface area contributed by atoms with E-state index in [0.29, 0.717) is 6.54 Å². The van der Waals surface area contributed by atoms with Gasteiger partial charge in [-0.25, -0.2) is 0 Å². The highest BCUT2D eigenvalue weighted by Gasteiger charge is 2.18. The first-order valence-corrected chi connectivity index (χ1v) is 9.87. The Morgan fingerprint density at radius 1 is 0.800 bits per heavy atom. The van der Waals surface area contributed by atoms with Gasteiger partial charge in [0.2, 0.25) is 0 Å². The van der Waals surface area contributed by atoms with Crippen molar-refractivity contribution in [2.45, 2.75) is 27.3 Å². The Kier molecular flexibility index (Phi) is 5.19. The summed E-state index contributed by atoms with van der Waals surface area (Å²) < 4.78 is 2.00. The van der Waals surface area contributed by atoms with Crippen molar-refractivity contribution in [1.29, 1.82) is 0 Å². The van der Waals surface area contributed by atoms with Crippen LogP contribution in [-0.2, 0) is 6.54 Å². The maximum atomic E-state index is 11.0. The van der Waals surface area contributed by atoms with E-state index in [1.807, 2.05) is 4.68 Å². The second-order valence-corrected chi connectivity index (χ2v) is 7.64. The summed E-state index contributed by atoms with van der Waals surface area (Å²) in [6.07, 6.45) is 0. The molecule has 3 aromatic carbocycles. The number of non-ortho nitro benzene ring substituents is 1. The van der Waals surface area contributed by atoms with E-state index in [1.165, 1.54) is 23.3 Å². The van der Waals surface area contributed by atoms with Gasteiger partial charge in [0.1, 0.15) is 0 Å². The Morgan fingerprint density at radius 2 is 1.33 bits per heavy atom. The lowest BCUT2D eigenvalue weighted by Crippen LogP contribution is -2.04. The molecule has 0 radical (unpaired) electrons. The summed E-state index contributed by atoms with van der Waals surface area (Å²) in [5, 5.41) is 15.9. The van der Waals surface area contributed by atoms with Gasteiger partial charge in [-0.2, -0.15) is 5.10 Å². The molecule has 30 heavy (non-hydrogen) atoms. The minimum atomic E-state index is -0.380. The molecule has 0 amide bonds. The molecule has 0 aliphatic heterocycles. The van der Waals surface area contributed by atoms with Crippen LogP contribution in [0.4, 0.5) is 5.69 Å². The number of rotatable bonds is 5. The third-order valence-corrected chi connectivity index (χ3v) is 5.32. The lowest BCUT2D eigenvalue weighted by atomic mass is 10.0. The van der Waals surface area contributed by atoms with E-state index in [1.54, 1.807) is 12.1 Å². The van der Waals surface area contributed by atoms with Gasteiger partial charge in [-0.15, -0.1) is 0 Å². The molecule has 0 saturated heterocycles. The quantitative estimate of drug-likeness (QED) is 0.302. The van der Waals surface area contributed by atoms with Crippen molar-refractivity contribution in [3.05, 3.63) is 105 Å². The number of nitro groups is 1. The highest BCUT2D eigenvalue weighted by molar-refractivity contribution is 5.74. The van der Waals surface area contributed by atoms with Crippen LogP contribution in [0.3, 0.4) is 0 Å². The highest BCUT2D eigenvalue weighted by atomic mass is 16.6. The first-order chi connectivity index (χ1) is 14.4. The highest BCUT2D eigenvalue weighted by Crippen LogP contribution is 2.32. The second-order valence-electron chi connectivity index (χ2n) is 7.64. The van der Waals surface area contributed by atoms with Crippen molar-refractivity contribution >= 4 is 5.69 Å². The van der Waals surface area contributed by atoms with Crippen molar-refractivity contribution in [2.24, 2.45) is 0 Å². The molecule has 0 fully saturated rings. The number of hydrogen-bond acceptors (Lipinski definition) is 3. The molecule has 5 nitrogen and oxygen atoms in total. The fraction of sp³-hybridized carbons (Fsp3) is 0.160. The molecule has 0 saturated carbocycles. The molecule has 1 aromatic heterocycles. The minimum Gasteiger partial charge on any atom is -0.260 e. The van der Waals surface area contributed by atoms with Gasteiger partial charge in [0.25, 0.3) is 5.69 Å². The van der Waals surface area contributed by atoms with E-state index >= 15 is 0 Å². The Labute approximate surface area is 175 Å². The van der Waals surface area contributed by atoms with Crippen LogP contribution < -0.4 is 0 Å². The van der Waals surface area contributed by atoms with Crippen molar-refractivity contribution in [2.75, 3.05) is 0 Å². The molecule has 4 rings (SSSR count). The van der Waals surface area contributed by atoms with E-state index in [2.05, 4.69) is 69.3 Å². The Morgan fingerprint density at radius 3 is 1.87 bits per heavy atom. The van der Waals surface area contributed by atoms with Gasteiger partial charge < -0.3 is 0 Å². The van der Waals surface area contributed by atoms with E-state index in [0.717, 1.165) is 33.6 Å². The summed E-state index contributed by atoms with van der Waals surface area (Å²) in [5.74, 6) is 0. The van der Waals surface area contributed by atoms with Crippen LogP contribution in [0.25, 0.3) is 22.5 Å². The largest absolute Gasteiger partial charge is 0.269 e. The average Bonchev–Trinajstić information content (AvgIpc) is 3.05. The molecule has 0 unspecified atom stereocenters. The van der Waals surface area contributed by atoms with Crippen molar-refractivity contribution in [1.82, 2.24) is 9.78 Å². The third-order valence-electron chi connectivity index (χ3n) is 5.32. The molecule has 0 aliphatic carbocycles. The molecule has 4 aromatic rings. The molecule has 5 heteroatoms. The summed E-state index contributed by atoms with van der Waals surface area (Å²) in [4.78, 5) is 10.6. The van der Waals surface area contributed by atoms with Crippen LogP contribution in [0.1, 0.15) is 22.3 Å². The summed E-state index contributed by atoms with van der Waals surface area (Å²) in [7, 11) is 0. The molecule has 1 heterocycles. The third kappa shape index (κ3) is 3.87. The number of benzene rings is 3. The maximum absolute atomic E-state index is 11.0. The van der Waals surface area contributed by atoms with Crippen LogP contribution in [0.15, 0.2) is 72.8 Å². The zero-order chi connectivity index (χ0) is 21.3. The molecular weight excluding hydrogens is 374 g/mol. The van der Waals surface area contributed by atoms with Crippen LogP contribution in [0, 0.1) is 30.9 Å². The summed E-state index contributed by atoms with van der Waals surface area (Å²) in [5.41, 5.74) is 8.78. The predicted octanol–water partition coefficient (Wildman–Crippen LogP) is 6.10. The van der Waals surface area contributed by atoms with Crippen molar-refractivity contribution in [3.8, 4) is 22.5 Å². The fourth-order valence-corrected chi connectivity index (χ4v) is 3.62. The van der Waals surface area contributed by atoms with Crippen LogP contribution in [0.5, 0.6) is 0 Å². The number of hydrogen-bond donors (Lipinski definition) is 0. The molecule has 0 bridgehead atoms. The molecule has 0 atom stereocenters. The normalized spacial score (nSPS) is 10.9. The average molecular weight is 397 g/mol. The van der Waals surface area contributed by atoms with Gasteiger partial charge in [-0.1, -0.05) is 71.8 Å². The number of aromatic nitrogens is 2. The first kappa shape index (κ1) is 19.6. The second kappa shape index (κ2) is 7.95. The molecule has 0 spiro atoms. The van der Waals surface area contributed by atoms with Crippen LogP contribution in [-0.4, -0.2) is 14.7 Å². The Hall–Kier alpha value is -3.73. The molecule has 0 aliphatic rings. The fourth-order valence-electron chi connectivity index (χ4n) is 3.62. The van der Waals surface area contributed by atoms with Gasteiger partial charge in [0, 0.05) is 28.8 Å². The van der Waals surface area contributed by atoms with Gasteiger partial charge in [0.15, 0.2) is 0 Å². The maximum Gasteiger partial charge on any atom is 0.269 e. The van der Waals surface area contributed by atoms with E-state index in [4.69, 9.17) is 5.10 Å². The predicted molar refractivity (Wildman–Crippen MR) is 120 cm³/mol.